The van der Waals surface area contributed by atoms with Gasteiger partial charge in [-0.1, -0.05) is 58.9 Å². The van der Waals surface area contributed by atoms with Gasteiger partial charge in [0.25, 0.3) is 0 Å². The van der Waals surface area contributed by atoms with Crippen molar-refractivity contribution < 1.29 is 28.9 Å². The van der Waals surface area contributed by atoms with Gasteiger partial charge >= 0.3 is 5.97 Å². The monoisotopic (exact) mass is 539 g/mol. The van der Waals surface area contributed by atoms with Crippen molar-refractivity contribution in [2.24, 2.45) is 0 Å². The molecule has 1 N–H and O–H groups in total. The van der Waals surface area contributed by atoms with E-state index < -0.39 is 44.8 Å². The highest BCUT2D eigenvalue weighted by Gasteiger charge is 2.73. The van der Waals surface area contributed by atoms with Crippen molar-refractivity contribution in [1.82, 2.24) is 4.90 Å². The van der Waals surface area contributed by atoms with Crippen molar-refractivity contribution in [3.05, 3.63) is 54.3 Å². The molecule has 0 bridgehead atoms. The van der Waals surface area contributed by atoms with Gasteiger partial charge in [-0.3, -0.25) is 4.79 Å². The average Bonchev–Trinajstić information content (AvgIpc) is 3.05. The van der Waals surface area contributed by atoms with Crippen LogP contribution < -0.4 is 0 Å². The van der Waals surface area contributed by atoms with E-state index in [1.165, 1.54) is 22.7 Å². The second-order valence-electron chi connectivity index (χ2n) is 8.38. The van der Waals surface area contributed by atoms with E-state index in [0.29, 0.717) is 6.61 Å². The third-order valence-electron chi connectivity index (χ3n) is 5.57. The molecule has 33 heavy (non-hydrogen) atoms. The molecule has 5 atom stereocenters. The van der Waals surface area contributed by atoms with Crippen molar-refractivity contribution in [1.29, 1.82) is 0 Å². The molecule has 9 heteroatoms. The number of ether oxygens (including phenoxy) is 3. The third-order valence-corrected chi connectivity index (χ3v) is 8.73. The van der Waals surface area contributed by atoms with Gasteiger partial charge < -0.3 is 24.2 Å². The molecule has 2 fully saturated rings. The Morgan fingerprint density at radius 2 is 2.03 bits per heavy atom. The Balaban J connectivity index is 1.91. The molecule has 2 saturated heterocycles. The molecule has 2 unspecified atom stereocenters. The lowest BCUT2D eigenvalue weighted by molar-refractivity contribution is -0.168. The molecule has 3 rings (SSSR count). The number of esters is 1. The fourth-order valence-electron chi connectivity index (χ4n) is 4.06. The Kier molecular flexibility index (Phi) is 7.99. The Bertz CT molecular complexity index is 923. The van der Waals surface area contributed by atoms with Gasteiger partial charge in [-0.25, -0.2) is 4.79 Å². The maximum absolute atomic E-state index is 13.4. The number of fused-ring (bicyclic) bond motifs is 1. The number of benzene rings is 1. The Labute approximate surface area is 207 Å². The summed E-state index contributed by atoms with van der Waals surface area (Å²) >= 11 is 4.97. The lowest BCUT2D eigenvalue weighted by atomic mass is 9.86. The summed E-state index contributed by atoms with van der Waals surface area (Å²) in [6.07, 6.45) is 1.23. The first-order valence-corrected chi connectivity index (χ1v) is 12.4. The number of hydrogen-bond acceptors (Lipinski definition) is 7. The van der Waals surface area contributed by atoms with E-state index >= 15 is 0 Å². The summed E-state index contributed by atoms with van der Waals surface area (Å²) in [6, 6.07) is 8.60. The summed E-state index contributed by atoms with van der Waals surface area (Å²) < 4.78 is 14.7. The number of amides is 1. The number of thioether (sulfide) groups is 1. The first kappa shape index (κ1) is 25.8. The summed E-state index contributed by atoms with van der Waals surface area (Å²) in [5.74, 6) is -0.693. The van der Waals surface area contributed by atoms with Crippen LogP contribution in [0, 0.1) is 0 Å². The fraction of sp³-hybridized carbons (Fsp3) is 0.500. The van der Waals surface area contributed by atoms with Crippen LogP contribution in [0.2, 0.25) is 0 Å². The van der Waals surface area contributed by atoms with E-state index in [0.717, 1.165) is 5.56 Å². The van der Waals surface area contributed by atoms with Crippen LogP contribution in [-0.2, 0) is 23.8 Å². The predicted octanol–water partition coefficient (Wildman–Crippen LogP) is 3.71. The molecule has 0 aromatic heterocycles. The molecule has 2 heterocycles. The number of aliphatic hydroxyl groups is 1. The van der Waals surface area contributed by atoms with E-state index in [9.17, 15) is 14.7 Å². The third kappa shape index (κ3) is 4.87. The molecule has 1 aromatic carbocycles. The standard InChI is InChI=1S/C24H30BrNO6S/c1-6-13-31-20(28)18-23(4,5)33-22-24(25,21(29)26(18)22)19(27)17(32-15(3)30-7-2)14-16-11-9-8-10-12-16/h6,8-12,14-15,18-19,22,27H,1,7,13H2,2-5H3/b17-14+/t15?,18-,19+,22+,24?/m0/s1. The topological polar surface area (TPSA) is 85.3 Å². The number of hydrogen-bond donors (Lipinski definition) is 1. The van der Waals surface area contributed by atoms with Crippen LogP contribution in [0.5, 0.6) is 0 Å². The van der Waals surface area contributed by atoms with Gasteiger partial charge in [-0.05, 0) is 39.3 Å². The summed E-state index contributed by atoms with van der Waals surface area (Å²) in [7, 11) is 0. The Morgan fingerprint density at radius 3 is 2.64 bits per heavy atom. The number of carbonyl (C=O) groups is 2. The van der Waals surface area contributed by atoms with Crippen molar-refractivity contribution in [3.8, 4) is 0 Å². The van der Waals surface area contributed by atoms with E-state index in [1.54, 1.807) is 13.0 Å². The number of rotatable bonds is 10. The molecule has 0 radical (unpaired) electrons. The number of alkyl halides is 1. The Hall–Kier alpha value is -1.81. The van der Waals surface area contributed by atoms with Crippen LogP contribution in [0.3, 0.4) is 0 Å². The van der Waals surface area contributed by atoms with E-state index in [-0.39, 0.29) is 12.4 Å². The quantitative estimate of drug-likeness (QED) is 0.121. The average molecular weight is 540 g/mol. The van der Waals surface area contributed by atoms with Crippen molar-refractivity contribution in [2.75, 3.05) is 13.2 Å². The maximum atomic E-state index is 13.4. The molecule has 180 valence electrons. The fourth-order valence-corrected chi connectivity index (χ4v) is 6.63. The summed E-state index contributed by atoms with van der Waals surface area (Å²) in [4.78, 5) is 27.6. The highest BCUT2D eigenvalue weighted by molar-refractivity contribution is 9.10. The van der Waals surface area contributed by atoms with Gasteiger partial charge in [0.1, 0.15) is 29.9 Å². The van der Waals surface area contributed by atoms with Crippen LogP contribution >= 0.6 is 27.7 Å². The lowest BCUT2D eigenvalue weighted by Crippen LogP contribution is -2.75. The smallest absolute Gasteiger partial charge is 0.330 e. The molecule has 7 nitrogen and oxygen atoms in total. The number of carbonyl (C=O) groups excluding carboxylic acids is 2. The summed E-state index contributed by atoms with van der Waals surface area (Å²) in [5, 5.41) is 10.9. The van der Waals surface area contributed by atoms with Crippen molar-refractivity contribution >= 4 is 45.6 Å². The van der Waals surface area contributed by atoms with E-state index in [2.05, 4.69) is 22.5 Å². The SMILES string of the molecule is C=CCOC(=O)[C@@H]1N2C(=O)C(Br)([C@H](O)/C(=C\c3ccccc3)OC(C)OCC)[C@H]2SC1(C)C. The second kappa shape index (κ2) is 10.2. The zero-order valence-electron chi connectivity index (χ0n) is 19.2. The molecular weight excluding hydrogens is 510 g/mol. The molecule has 2 aliphatic heterocycles. The van der Waals surface area contributed by atoms with Crippen LogP contribution in [0.15, 0.2) is 48.7 Å². The van der Waals surface area contributed by atoms with Gasteiger partial charge in [-0.2, -0.15) is 0 Å². The minimum absolute atomic E-state index is 0.0674. The molecular formula is C24H30BrNO6S. The highest BCUT2D eigenvalue weighted by atomic mass is 79.9. The molecule has 0 aliphatic carbocycles. The van der Waals surface area contributed by atoms with Gasteiger partial charge in [0.2, 0.25) is 5.91 Å². The largest absolute Gasteiger partial charge is 0.467 e. The van der Waals surface area contributed by atoms with Crippen molar-refractivity contribution in [2.45, 2.75) is 60.6 Å². The van der Waals surface area contributed by atoms with E-state index in [4.69, 9.17) is 14.2 Å². The number of aliphatic hydroxyl groups excluding tert-OH is 1. The van der Waals surface area contributed by atoms with Crippen LogP contribution in [0.25, 0.3) is 6.08 Å². The molecule has 1 aromatic rings. The Morgan fingerprint density at radius 1 is 1.36 bits per heavy atom. The normalized spacial score (nSPS) is 27.9. The lowest BCUT2D eigenvalue weighted by Gasteiger charge is -2.52. The van der Waals surface area contributed by atoms with Crippen LogP contribution in [0.4, 0.5) is 0 Å². The van der Waals surface area contributed by atoms with Crippen LogP contribution in [-0.4, -0.2) is 68.0 Å². The van der Waals surface area contributed by atoms with Crippen LogP contribution in [0.1, 0.15) is 33.3 Å². The molecule has 1 amide bonds. The van der Waals surface area contributed by atoms with Gasteiger partial charge in [0.05, 0.1) is 0 Å². The number of halogens is 1. The predicted molar refractivity (Wildman–Crippen MR) is 132 cm³/mol. The highest BCUT2D eigenvalue weighted by Crippen LogP contribution is 2.60. The summed E-state index contributed by atoms with van der Waals surface area (Å²) in [6.45, 7) is 11.4. The first-order chi connectivity index (χ1) is 15.6. The molecule has 0 saturated carbocycles. The number of nitrogens with zero attached hydrogens (tertiary/aromatic N) is 1. The van der Waals surface area contributed by atoms with Crippen molar-refractivity contribution in [3.63, 3.8) is 0 Å². The zero-order valence-corrected chi connectivity index (χ0v) is 21.6. The molecule has 2 aliphatic rings. The van der Waals surface area contributed by atoms with E-state index in [1.807, 2.05) is 51.1 Å². The summed E-state index contributed by atoms with van der Waals surface area (Å²) in [5.41, 5.74) is 0.806. The van der Waals surface area contributed by atoms with Gasteiger partial charge in [0.15, 0.2) is 10.6 Å². The first-order valence-electron chi connectivity index (χ1n) is 10.8. The van der Waals surface area contributed by atoms with Gasteiger partial charge in [0, 0.05) is 11.4 Å². The zero-order chi connectivity index (χ0) is 24.4. The minimum atomic E-state index is -1.37. The number of β-lactam (4-membered cyclic amide) rings is 1. The van der Waals surface area contributed by atoms with Gasteiger partial charge in [-0.15, -0.1) is 11.8 Å². The molecule has 0 spiro atoms. The second-order valence-corrected chi connectivity index (χ2v) is 11.4. The maximum Gasteiger partial charge on any atom is 0.330 e. The minimum Gasteiger partial charge on any atom is -0.467 e.